The molecule has 0 amide bonds. The smallest absolute Gasteiger partial charge is 0.240 e. The van der Waals surface area contributed by atoms with Crippen LogP contribution in [0.2, 0.25) is 0 Å². The summed E-state index contributed by atoms with van der Waals surface area (Å²) in [5, 5.41) is 6.38. The monoisotopic (exact) mass is 295 g/mol. The number of nitrogens with zero attached hydrogens (tertiary/aromatic N) is 2. The van der Waals surface area contributed by atoms with Crippen LogP contribution in [-0.4, -0.2) is 30.1 Å². The quantitative estimate of drug-likeness (QED) is 0.699. The molecule has 7 nitrogen and oxygen atoms in total. The van der Waals surface area contributed by atoms with Gasteiger partial charge in [-0.05, 0) is 30.2 Å². The van der Waals surface area contributed by atoms with Crippen molar-refractivity contribution in [2.75, 3.05) is 6.54 Å². The van der Waals surface area contributed by atoms with E-state index in [9.17, 15) is 8.42 Å². The molecule has 20 heavy (non-hydrogen) atoms. The average Bonchev–Trinajstić information content (AvgIpc) is 2.91. The summed E-state index contributed by atoms with van der Waals surface area (Å²) < 4.78 is 26.8. The minimum absolute atomic E-state index is 0.241. The molecule has 8 heteroatoms. The molecule has 2 rings (SSSR count). The first-order valence-corrected chi connectivity index (χ1v) is 7.65. The van der Waals surface area contributed by atoms with Gasteiger partial charge < -0.3 is 5.73 Å². The highest BCUT2D eigenvalue weighted by atomic mass is 32.2. The largest absolute Gasteiger partial charge is 0.326 e. The van der Waals surface area contributed by atoms with Gasteiger partial charge in [0.1, 0.15) is 12.2 Å². The van der Waals surface area contributed by atoms with E-state index in [1.54, 1.807) is 18.2 Å². The lowest BCUT2D eigenvalue weighted by Gasteiger charge is -2.09. The van der Waals surface area contributed by atoms with Crippen LogP contribution < -0.4 is 10.5 Å². The number of nitrogens with one attached hydrogen (secondary N) is 2. The van der Waals surface area contributed by atoms with E-state index in [4.69, 9.17) is 5.73 Å². The molecule has 0 radical (unpaired) electrons. The fraction of sp³-hybridized carbons (Fsp3) is 0.333. The Hall–Kier alpha value is -1.77. The normalized spacial score (nSPS) is 11.7. The van der Waals surface area contributed by atoms with Gasteiger partial charge in [0.25, 0.3) is 0 Å². The third kappa shape index (κ3) is 3.41. The predicted octanol–water partition coefficient (Wildman–Crippen LogP) is 0.0928. The van der Waals surface area contributed by atoms with Gasteiger partial charge in [-0.2, -0.15) is 5.10 Å². The molecule has 0 bridgehead atoms. The van der Waals surface area contributed by atoms with Crippen LogP contribution in [0.25, 0.3) is 0 Å². The Morgan fingerprint density at radius 3 is 2.80 bits per heavy atom. The summed E-state index contributed by atoms with van der Waals surface area (Å²) >= 11 is 0. The van der Waals surface area contributed by atoms with Gasteiger partial charge in [-0.15, -0.1) is 0 Å². The van der Waals surface area contributed by atoms with Crippen molar-refractivity contribution >= 4 is 10.0 Å². The van der Waals surface area contributed by atoms with E-state index in [-0.39, 0.29) is 11.4 Å². The SMILES string of the molecule is Cc1cc(S(=O)(=O)NCCc2ncn[nH]2)ccc1CN. The molecule has 0 saturated carbocycles. The molecule has 0 aliphatic heterocycles. The summed E-state index contributed by atoms with van der Waals surface area (Å²) in [6.07, 6.45) is 1.85. The van der Waals surface area contributed by atoms with Gasteiger partial charge in [-0.3, -0.25) is 5.10 Å². The first kappa shape index (κ1) is 14.6. The first-order valence-electron chi connectivity index (χ1n) is 6.16. The fourth-order valence-corrected chi connectivity index (χ4v) is 2.92. The lowest BCUT2D eigenvalue weighted by Crippen LogP contribution is -2.26. The van der Waals surface area contributed by atoms with Crippen LogP contribution in [0.4, 0.5) is 0 Å². The first-order chi connectivity index (χ1) is 9.53. The van der Waals surface area contributed by atoms with Crippen LogP contribution in [0, 0.1) is 6.92 Å². The van der Waals surface area contributed by atoms with Gasteiger partial charge in [-0.1, -0.05) is 6.07 Å². The van der Waals surface area contributed by atoms with E-state index in [1.807, 2.05) is 6.92 Å². The van der Waals surface area contributed by atoms with Crippen molar-refractivity contribution in [3.63, 3.8) is 0 Å². The van der Waals surface area contributed by atoms with E-state index >= 15 is 0 Å². The highest BCUT2D eigenvalue weighted by molar-refractivity contribution is 7.89. The topological polar surface area (TPSA) is 114 Å². The Morgan fingerprint density at radius 1 is 1.40 bits per heavy atom. The van der Waals surface area contributed by atoms with E-state index in [2.05, 4.69) is 19.9 Å². The van der Waals surface area contributed by atoms with Gasteiger partial charge in [0.05, 0.1) is 4.90 Å². The summed E-state index contributed by atoms with van der Waals surface area (Å²) in [4.78, 5) is 4.17. The van der Waals surface area contributed by atoms with E-state index < -0.39 is 10.0 Å². The molecule has 1 aromatic heterocycles. The Kier molecular flexibility index (Phi) is 4.48. The number of benzene rings is 1. The molecule has 1 heterocycles. The molecule has 2 aromatic rings. The highest BCUT2D eigenvalue weighted by Gasteiger charge is 2.14. The van der Waals surface area contributed by atoms with E-state index in [0.717, 1.165) is 11.1 Å². The standard InChI is InChI=1S/C12H17N5O2S/c1-9-6-11(3-2-10(9)7-13)20(18,19)16-5-4-12-14-8-15-17-12/h2-3,6,8,16H,4-5,7,13H2,1H3,(H,14,15,17). The summed E-state index contributed by atoms with van der Waals surface area (Å²) in [7, 11) is -3.51. The number of aryl methyl sites for hydroxylation is 1. The number of nitrogens with two attached hydrogens (primary N) is 1. The maximum atomic E-state index is 12.1. The van der Waals surface area contributed by atoms with Crippen molar-refractivity contribution in [2.45, 2.75) is 24.8 Å². The van der Waals surface area contributed by atoms with Crippen LogP contribution in [-0.2, 0) is 23.0 Å². The van der Waals surface area contributed by atoms with Crippen molar-refractivity contribution in [1.29, 1.82) is 0 Å². The van der Waals surface area contributed by atoms with Crippen molar-refractivity contribution in [3.05, 3.63) is 41.5 Å². The maximum absolute atomic E-state index is 12.1. The Balaban J connectivity index is 2.04. The summed E-state index contributed by atoms with van der Waals surface area (Å²) in [6, 6.07) is 4.92. The van der Waals surface area contributed by atoms with Crippen LogP contribution >= 0.6 is 0 Å². The minimum atomic E-state index is -3.51. The molecule has 0 atom stereocenters. The molecule has 108 valence electrons. The number of aromatic amines is 1. The second-order valence-electron chi connectivity index (χ2n) is 4.37. The lowest BCUT2D eigenvalue weighted by atomic mass is 10.1. The van der Waals surface area contributed by atoms with Crippen molar-refractivity contribution in [3.8, 4) is 0 Å². The zero-order chi connectivity index (χ0) is 14.6. The number of rotatable bonds is 6. The van der Waals surface area contributed by atoms with Crippen molar-refractivity contribution in [2.24, 2.45) is 5.73 Å². The summed E-state index contributed by atoms with van der Waals surface area (Å²) in [6.45, 7) is 2.50. The molecule has 0 aliphatic rings. The Morgan fingerprint density at radius 2 is 2.20 bits per heavy atom. The number of H-pyrrole nitrogens is 1. The van der Waals surface area contributed by atoms with Crippen LogP contribution in [0.3, 0.4) is 0 Å². The second-order valence-corrected chi connectivity index (χ2v) is 6.14. The molecule has 0 unspecified atom stereocenters. The van der Waals surface area contributed by atoms with Gasteiger partial charge in [0.15, 0.2) is 0 Å². The van der Waals surface area contributed by atoms with Crippen LogP contribution in [0.1, 0.15) is 17.0 Å². The molecule has 0 aliphatic carbocycles. The number of hydrogen-bond acceptors (Lipinski definition) is 5. The molecular formula is C12H17N5O2S. The third-order valence-electron chi connectivity index (χ3n) is 2.96. The summed E-state index contributed by atoms with van der Waals surface area (Å²) in [5.41, 5.74) is 7.36. The molecule has 1 aromatic carbocycles. The predicted molar refractivity (Wildman–Crippen MR) is 74.3 cm³/mol. The third-order valence-corrected chi connectivity index (χ3v) is 4.42. The van der Waals surface area contributed by atoms with Gasteiger partial charge >= 0.3 is 0 Å². The second kappa shape index (κ2) is 6.12. The number of sulfonamides is 1. The zero-order valence-electron chi connectivity index (χ0n) is 11.1. The molecule has 0 spiro atoms. The van der Waals surface area contributed by atoms with Crippen molar-refractivity contribution in [1.82, 2.24) is 19.9 Å². The summed E-state index contributed by atoms with van der Waals surface area (Å²) in [5.74, 6) is 0.641. The van der Waals surface area contributed by atoms with Crippen molar-refractivity contribution < 1.29 is 8.42 Å². The molecular weight excluding hydrogens is 278 g/mol. The minimum Gasteiger partial charge on any atom is -0.326 e. The zero-order valence-corrected chi connectivity index (χ0v) is 11.9. The molecule has 0 saturated heterocycles. The van der Waals surface area contributed by atoms with Crippen LogP contribution in [0.15, 0.2) is 29.4 Å². The fourth-order valence-electron chi connectivity index (χ4n) is 1.80. The van der Waals surface area contributed by atoms with Gasteiger partial charge in [0, 0.05) is 19.5 Å². The highest BCUT2D eigenvalue weighted by Crippen LogP contribution is 2.14. The van der Waals surface area contributed by atoms with E-state index in [1.165, 1.54) is 6.33 Å². The molecule has 0 fully saturated rings. The van der Waals surface area contributed by atoms with Crippen LogP contribution in [0.5, 0.6) is 0 Å². The number of hydrogen-bond donors (Lipinski definition) is 3. The average molecular weight is 295 g/mol. The Bertz CT molecular complexity index is 667. The lowest BCUT2D eigenvalue weighted by molar-refractivity contribution is 0.580. The Labute approximate surface area is 117 Å². The maximum Gasteiger partial charge on any atom is 0.240 e. The molecule has 4 N–H and O–H groups in total. The number of aromatic nitrogens is 3. The van der Waals surface area contributed by atoms with E-state index in [0.29, 0.717) is 18.8 Å². The van der Waals surface area contributed by atoms with Gasteiger partial charge in [-0.25, -0.2) is 18.1 Å². The van der Waals surface area contributed by atoms with Gasteiger partial charge in [0.2, 0.25) is 10.0 Å².